The Balaban J connectivity index is 2.43. The van der Waals surface area contributed by atoms with Crippen LogP contribution in [0.4, 0.5) is 11.4 Å². The van der Waals surface area contributed by atoms with Gasteiger partial charge in [-0.2, -0.15) is 0 Å². The molecular weight excluding hydrogens is 238 g/mol. The lowest BCUT2D eigenvalue weighted by Gasteiger charge is -2.27. The maximum atomic E-state index is 12.3. The highest BCUT2D eigenvalue weighted by molar-refractivity contribution is 6.00. The van der Waals surface area contributed by atoms with Crippen LogP contribution in [0.5, 0.6) is 0 Å². The Hall–Kier alpha value is -1.71. The van der Waals surface area contributed by atoms with Gasteiger partial charge in [0, 0.05) is 32.4 Å². The van der Waals surface area contributed by atoms with E-state index in [1.807, 2.05) is 12.1 Å². The zero-order chi connectivity index (χ0) is 14.2. The highest BCUT2D eigenvalue weighted by Gasteiger charge is 2.29. The maximum absolute atomic E-state index is 12.3. The number of anilines is 2. The molecule has 104 valence electrons. The lowest BCUT2D eigenvalue weighted by Crippen LogP contribution is -2.31. The summed E-state index contributed by atoms with van der Waals surface area (Å²) in [6, 6.07) is 6.00. The molecule has 0 spiro atoms. The minimum atomic E-state index is 0.0294. The third kappa shape index (κ3) is 2.67. The van der Waals surface area contributed by atoms with Gasteiger partial charge in [0.1, 0.15) is 0 Å². The highest BCUT2D eigenvalue weighted by Crippen LogP contribution is 2.33. The fourth-order valence-electron chi connectivity index (χ4n) is 2.84. The molecule has 1 amide bonds. The molecule has 0 aliphatic carbocycles. The molecule has 1 saturated heterocycles. The second-order valence-electron chi connectivity index (χ2n) is 5.82. The van der Waals surface area contributed by atoms with Crippen LogP contribution in [-0.2, 0) is 0 Å². The number of carbonyl (C=O) groups is 1. The molecule has 2 unspecified atom stereocenters. The van der Waals surface area contributed by atoms with Gasteiger partial charge in [-0.25, -0.2) is 0 Å². The first-order valence-electron chi connectivity index (χ1n) is 6.78. The van der Waals surface area contributed by atoms with Crippen LogP contribution in [0, 0.1) is 5.92 Å². The number of hydrogen-bond acceptors (Lipinski definition) is 3. The van der Waals surface area contributed by atoms with Gasteiger partial charge < -0.3 is 15.5 Å². The van der Waals surface area contributed by atoms with Crippen LogP contribution in [0.25, 0.3) is 0 Å². The molecule has 0 radical (unpaired) electrons. The van der Waals surface area contributed by atoms with Crippen molar-refractivity contribution in [3.8, 4) is 0 Å². The molecule has 4 nitrogen and oxygen atoms in total. The van der Waals surface area contributed by atoms with E-state index in [2.05, 4.69) is 18.7 Å². The topological polar surface area (TPSA) is 49.6 Å². The van der Waals surface area contributed by atoms with Gasteiger partial charge in [-0.05, 0) is 37.5 Å². The zero-order valence-electron chi connectivity index (χ0n) is 12.2. The summed E-state index contributed by atoms with van der Waals surface area (Å²) in [5.74, 6) is 0.681. The van der Waals surface area contributed by atoms with E-state index in [9.17, 15) is 4.79 Å². The fourth-order valence-corrected chi connectivity index (χ4v) is 2.84. The molecule has 4 heteroatoms. The number of nitrogens with zero attached hydrogens (tertiary/aromatic N) is 2. The molecule has 19 heavy (non-hydrogen) atoms. The first-order valence-corrected chi connectivity index (χ1v) is 6.78. The van der Waals surface area contributed by atoms with Crippen LogP contribution in [0.2, 0.25) is 0 Å². The summed E-state index contributed by atoms with van der Waals surface area (Å²) < 4.78 is 0. The molecular formula is C15H23N3O. The van der Waals surface area contributed by atoms with Crippen molar-refractivity contribution in [2.24, 2.45) is 5.92 Å². The van der Waals surface area contributed by atoms with E-state index in [4.69, 9.17) is 5.73 Å². The van der Waals surface area contributed by atoms with E-state index in [0.29, 0.717) is 17.6 Å². The summed E-state index contributed by atoms with van der Waals surface area (Å²) >= 11 is 0. The molecule has 0 aromatic heterocycles. The lowest BCUT2D eigenvalue weighted by atomic mass is 10.1. The molecule has 1 heterocycles. The monoisotopic (exact) mass is 261 g/mol. The first kappa shape index (κ1) is 13.7. The largest absolute Gasteiger partial charge is 0.399 e. The van der Waals surface area contributed by atoms with Crippen LogP contribution in [0.3, 0.4) is 0 Å². The SMILES string of the molecule is CC1CC(C)N(c2cc(N)ccc2C(=O)N(C)C)C1. The molecule has 0 saturated carbocycles. The molecule has 2 atom stereocenters. The van der Waals surface area contributed by atoms with E-state index in [0.717, 1.165) is 24.2 Å². The molecule has 0 bridgehead atoms. The van der Waals surface area contributed by atoms with Gasteiger partial charge in [0.2, 0.25) is 0 Å². The van der Waals surface area contributed by atoms with Crippen LogP contribution in [-0.4, -0.2) is 37.5 Å². The van der Waals surface area contributed by atoms with Crippen molar-refractivity contribution in [3.63, 3.8) is 0 Å². The van der Waals surface area contributed by atoms with Gasteiger partial charge in [0.15, 0.2) is 0 Å². The standard InChI is InChI=1S/C15H23N3O/c1-10-7-11(2)18(9-10)14-8-12(16)5-6-13(14)15(19)17(3)4/h5-6,8,10-11H,7,9,16H2,1-4H3. The number of rotatable bonds is 2. The second kappa shape index (κ2) is 5.11. The van der Waals surface area contributed by atoms with Gasteiger partial charge in [-0.3, -0.25) is 4.79 Å². The maximum Gasteiger partial charge on any atom is 0.255 e. The molecule has 2 rings (SSSR count). The van der Waals surface area contributed by atoms with E-state index >= 15 is 0 Å². The zero-order valence-corrected chi connectivity index (χ0v) is 12.2. The Kier molecular flexibility index (Phi) is 3.69. The Labute approximate surface area is 115 Å². The highest BCUT2D eigenvalue weighted by atomic mass is 16.2. The summed E-state index contributed by atoms with van der Waals surface area (Å²) in [7, 11) is 3.55. The van der Waals surface area contributed by atoms with E-state index in [-0.39, 0.29) is 5.91 Å². The Morgan fingerprint density at radius 3 is 2.58 bits per heavy atom. The summed E-state index contributed by atoms with van der Waals surface area (Å²) in [6.45, 7) is 5.44. The van der Waals surface area contributed by atoms with Gasteiger partial charge in [-0.15, -0.1) is 0 Å². The van der Waals surface area contributed by atoms with Crippen LogP contribution < -0.4 is 10.6 Å². The lowest BCUT2D eigenvalue weighted by molar-refractivity contribution is 0.0828. The molecule has 2 N–H and O–H groups in total. The third-order valence-electron chi connectivity index (χ3n) is 3.75. The molecule has 1 aromatic carbocycles. The summed E-state index contributed by atoms with van der Waals surface area (Å²) in [4.78, 5) is 16.2. The normalized spacial score (nSPS) is 22.6. The number of nitrogen functional groups attached to an aromatic ring is 1. The van der Waals surface area contributed by atoms with Gasteiger partial charge in [0.25, 0.3) is 5.91 Å². The van der Waals surface area contributed by atoms with Crippen LogP contribution in [0.15, 0.2) is 18.2 Å². The van der Waals surface area contributed by atoms with Crippen molar-refractivity contribution in [2.75, 3.05) is 31.3 Å². The quantitative estimate of drug-likeness (QED) is 0.830. The van der Waals surface area contributed by atoms with Crippen molar-refractivity contribution in [2.45, 2.75) is 26.3 Å². The molecule has 1 aromatic rings. The average molecular weight is 261 g/mol. The van der Waals surface area contributed by atoms with Crippen molar-refractivity contribution in [1.82, 2.24) is 4.90 Å². The Morgan fingerprint density at radius 2 is 2.05 bits per heavy atom. The van der Waals surface area contributed by atoms with Crippen LogP contribution in [0.1, 0.15) is 30.6 Å². The minimum Gasteiger partial charge on any atom is -0.399 e. The minimum absolute atomic E-state index is 0.0294. The third-order valence-corrected chi connectivity index (χ3v) is 3.75. The summed E-state index contributed by atoms with van der Waals surface area (Å²) in [5, 5.41) is 0. The van der Waals surface area contributed by atoms with E-state index in [1.54, 1.807) is 25.1 Å². The summed E-state index contributed by atoms with van der Waals surface area (Å²) in [5.41, 5.74) is 8.31. The van der Waals surface area contributed by atoms with Gasteiger partial charge in [0.05, 0.1) is 11.3 Å². The molecule has 1 aliphatic heterocycles. The van der Waals surface area contributed by atoms with Crippen molar-refractivity contribution in [3.05, 3.63) is 23.8 Å². The van der Waals surface area contributed by atoms with Crippen molar-refractivity contribution >= 4 is 17.3 Å². The van der Waals surface area contributed by atoms with E-state index in [1.165, 1.54) is 0 Å². The Bertz CT molecular complexity index is 484. The number of benzene rings is 1. The molecule has 1 aliphatic rings. The Morgan fingerprint density at radius 1 is 1.37 bits per heavy atom. The smallest absolute Gasteiger partial charge is 0.255 e. The fraction of sp³-hybridized carbons (Fsp3) is 0.533. The summed E-state index contributed by atoms with van der Waals surface area (Å²) in [6.07, 6.45) is 1.16. The van der Waals surface area contributed by atoms with Gasteiger partial charge in [-0.1, -0.05) is 6.92 Å². The predicted octanol–water partition coefficient (Wildman–Crippen LogP) is 2.21. The van der Waals surface area contributed by atoms with Crippen molar-refractivity contribution < 1.29 is 4.79 Å². The molecule has 1 fully saturated rings. The number of amides is 1. The van der Waals surface area contributed by atoms with Crippen molar-refractivity contribution in [1.29, 1.82) is 0 Å². The first-order chi connectivity index (χ1) is 8.90. The second-order valence-corrected chi connectivity index (χ2v) is 5.82. The average Bonchev–Trinajstić information content (AvgIpc) is 2.67. The van der Waals surface area contributed by atoms with E-state index < -0.39 is 0 Å². The number of nitrogens with two attached hydrogens (primary N) is 1. The van der Waals surface area contributed by atoms with Crippen LogP contribution >= 0.6 is 0 Å². The predicted molar refractivity (Wildman–Crippen MR) is 79.5 cm³/mol. The number of carbonyl (C=O) groups excluding carboxylic acids is 1. The van der Waals surface area contributed by atoms with Gasteiger partial charge >= 0.3 is 0 Å². The number of hydrogen-bond donors (Lipinski definition) is 1.